The molecule has 0 amide bonds. The molecule has 0 N–H and O–H groups in total. The predicted molar refractivity (Wildman–Crippen MR) is 57.7 cm³/mol. The van der Waals surface area contributed by atoms with E-state index in [0.29, 0.717) is 0 Å². The molecular weight excluding hydrogens is 176 g/mol. The van der Waals surface area contributed by atoms with Crippen LogP contribution in [0.15, 0.2) is 16.3 Å². The second-order valence-corrected chi connectivity index (χ2v) is 3.30. The Balaban J connectivity index is 2.49. The lowest BCUT2D eigenvalue weighted by molar-refractivity contribution is 0.912. The van der Waals surface area contributed by atoms with Gasteiger partial charge in [-0.2, -0.15) is 0 Å². The van der Waals surface area contributed by atoms with Crippen LogP contribution in [0.2, 0.25) is 0 Å². The van der Waals surface area contributed by atoms with E-state index < -0.39 is 0 Å². The molecule has 0 aromatic carbocycles. The third kappa shape index (κ3) is 1.47. The number of fused-ring (bicyclic) bond motifs is 1. The molecule has 1 aliphatic heterocycles. The predicted octanol–water partition coefficient (Wildman–Crippen LogP) is 1.73. The number of aryl methyl sites for hydroxylation is 1. The van der Waals surface area contributed by atoms with Gasteiger partial charge in [-0.1, -0.05) is 0 Å². The van der Waals surface area contributed by atoms with Gasteiger partial charge in [-0.15, -0.1) is 0 Å². The molecule has 0 aliphatic carbocycles. The molecular formula is C10H14N4. The minimum Gasteiger partial charge on any atom is -0.318 e. The van der Waals surface area contributed by atoms with E-state index in [-0.39, 0.29) is 0 Å². The van der Waals surface area contributed by atoms with Crippen molar-refractivity contribution in [1.29, 1.82) is 0 Å². The summed E-state index contributed by atoms with van der Waals surface area (Å²) in [6.07, 6.45) is 5.63. The van der Waals surface area contributed by atoms with E-state index in [0.717, 1.165) is 36.6 Å². The van der Waals surface area contributed by atoms with Crippen molar-refractivity contribution in [3.63, 3.8) is 0 Å². The zero-order valence-electron chi connectivity index (χ0n) is 8.56. The average Bonchev–Trinajstić information content (AvgIpc) is 2.43. The molecule has 74 valence electrons. The lowest BCUT2D eigenvalue weighted by Crippen LogP contribution is -2.01. The summed E-state index contributed by atoms with van der Waals surface area (Å²) in [4.78, 5) is 13.2. The maximum atomic E-state index is 4.46. The van der Waals surface area contributed by atoms with E-state index in [9.17, 15) is 0 Å². The second kappa shape index (κ2) is 3.74. The lowest BCUT2D eigenvalue weighted by Gasteiger charge is -2.00. The molecule has 1 aromatic rings. The first kappa shape index (κ1) is 9.12. The van der Waals surface area contributed by atoms with Crippen LogP contribution in [0, 0.1) is 0 Å². The maximum Gasteiger partial charge on any atom is 0.161 e. The summed E-state index contributed by atoms with van der Waals surface area (Å²) < 4.78 is 1.93. The molecule has 0 fully saturated rings. The van der Waals surface area contributed by atoms with Crippen molar-refractivity contribution >= 4 is 17.7 Å². The molecule has 0 atom stereocenters. The summed E-state index contributed by atoms with van der Waals surface area (Å²) >= 11 is 0. The SMILES string of the molecule is CCN=C1CCC=Nc2c1ncn2C. The van der Waals surface area contributed by atoms with Crippen LogP contribution in [0.5, 0.6) is 0 Å². The fourth-order valence-electron chi connectivity index (χ4n) is 1.60. The Morgan fingerprint density at radius 3 is 3.21 bits per heavy atom. The molecule has 2 rings (SSSR count). The highest BCUT2D eigenvalue weighted by Crippen LogP contribution is 2.21. The smallest absolute Gasteiger partial charge is 0.161 e. The van der Waals surface area contributed by atoms with Crippen molar-refractivity contribution in [2.75, 3.05) is 6.54 Å². The third-order valence-electron chi connectivity index (χ3n) is 2.25. The van der Waals surface area contributed by atoms with Gasteiger partial charge in [0.25, 0.3) is 0 Å². The first-order valence-corrected chi connectivity index (χ1v) is 4.90. The number of nitrogens with zero attached hydrogens (tertiary/aromatic N) is 4. The van der Waals surface area contributed by atoms with Crippen molar-refractivity contribution in [3.05, 3.63) is 12.0 Å². The van der Waals surface area contributed by atoms with E-state index in [1.807, 2.05) is 24.8 Å². The van der Waals surface area contributed by atoms with Crippen molar-refractivity contribution in [2.24, 2.45) is 17.0 Å². The molecule has 4 heteroatoms. The Kier molecular flexibility index (Phi) is 2.43. The molecule has 0 saturated carbocycles. The highest BCUT2D eigenvalue weighted by atomic mass is 15.1. The van der Waals surface area contributed by atoms with Gasteiger partial charge in [0.1, 0.15) is 5.69 Å². The fraction of sp³-hybridized carbons (Fsp3) is 0.500. The lowest BCUT2D eigenvalue weighted by atomic mass is 10.2. The van der Waals surface area contributed by atoms with Crippen LogP contribution in [0.25, 0.3) is 0 Å². The highest BCUT2D eigenvalue weighted by molar-refractivity contribution is 6.04. The Hall–Kier alpha value is -1.45. The van der Waals surface area contributed by atoms with Gasteiger partial charge in [0.2, 0.25) is 0 Å². The van der Waals surface area contributed by atoms with Gasteiger partial charge in [-0.05, 0) is 19.8 Å². The van der Waals surface area contributed by atoms with Crippen LogP contribution < -0.4 is 0 Å². The molecule has 0 saturated heterocycles. The number of aliphatic imine (C=N–C) groups is 2. The zero-order chi connectivity index (χ0) is 9.97. The van der Waals surface area contributed by atoms with Gasteiger partial charge in [0.05, 0.1) is 12.0 Å². The van der Waals surface area contributed by atoms with Gasteiger partial charge in [0.15, 0.2) is 5.82 Å². The molecule has 0 radical (unpaired) electrons. The van der Waals surface area contributed by atoms with Gasteiger partial charge in [-0.3, -0.25) is 4.99 Å². The summed E-state index contributed by atoms with van der Waals surface area (Å²) in [7, 11) is 1.96. The summed E-state index contributed by atoms with van der Waals surface area (Å²) in [5.74, 6) is 0.926. The molecule has 14 heavy (non-hydrogen) atoms. The number of hydrogen-bond acceptors (Lipinski definition) is 3. The van der Waals surface area contributed by atoms with Gasteiger partial charge < -0.3 is 4.57 Å². The average molecular weight is 190 g/mol. The standard InChI is InChI=1S/C10H14N4/c1-3-11-8-5-4-6-12-10-9(8)13-7-14(10)2/h6-7H,3-5H2,1-2H3. The maximum absolute atomic E-state index is 4.46. The van der Waals surface area contributed by atoms with Gasteiger partial charge in [-0.25, -0.2) is 9.98 Å². The third-order valence-corrected chi connectivity index (χ3v) is 2.25. The van der Waals surface area contributed by atoms with E-state index in [1.54, 1.807) is 6.33 Å². The molecule has 0 bridgehead atoms. The van der Waals surface area contributed by atoms with Crippen LogP contribution in [0.4, 0.5) is 5.82 Å². The summed E-state index contributed by atoms with van der Waals surface area (Å²) in [5, 5.41) is 0. The van der Waals surface area contributed by atoms with Crippen LogP contribution in [0.1, 0.15) is 25.5 Å². The topological polar surface area (TPSA) is 42.5 Å². The van der Waals surface area contributed by atoms with E-state index >= 15 is 0 Å². The molecule has 1 aliphatic rings. The number of rotatable bonds is 1. The highest BCUT2D eigenvalue weighted by Gasteiger charge is 2.15. The van der Waals surface area contributed by atoms with Crippen molar-refractivity contribution in [3.8, 4) is 0 Å². The molecule has 4 nitrogen and oxygen atoms in total. The summed E-state index contributed by atoms with van der Waals surface area (Å²) in [6, 6.07) is 0. The summed E-state index contributed by atoms with van der Waals surface area (Å²) in [6.45, 7) is 2.85. The molecule has 0 unspecified atom stereocenters. The Bertz CT molecular complexity index is 387. The zero-order valence-corrected chi connectivity index (χ0v) is 8.56. The second-order valence-electron chi connectivity index (χ2n) is 3.30. The Labute approximate surface area is 83.4 Å². The van der Waals surface area contributed by atoms with E-state index in [4.69, 9.17) is 0 Å². The number of aromatic nitrogens is 2. The minimum atomic E-state index is 0.811. The Morgan fingerprint density at radius 1 is 1.57 bits per heavy atom. The van der Waals surface area contributed by atoms with Crippen LogP contribution in [-0.4, -0.2) is 28.0 Å². The van der Waals surface area contributed by atoms with Crippen molar-refractivity contribution in [2.45, 2.75) is 19.8 Å². The first-order valence-electron chi connectivity index (χ1n) is 4.90. The molecule has 1 aromatic heterocycles. The fourth-order valence-corrected chi connectivity index (χ4v) is 1.60. The van der Waals surface area contributed by atoms with Crippen LogP contribution in [-0.2, 0) is 7.05 Å². The van der Waals surface area contributed by atoms with Crippen LogP contribution >= 0.6 is 0 Å². The number of imidazole rings is 1. The van der Waals surface area contributed by atoms with Gasteiger partial charge in [0, 0.05) is 19.8 Å². The normalized spacial score (nSPS) is 18.3. The van der Waals surface area contributed by atoms with Crippen molar-refractivity contribution in [1.82, 2.24) is 9.55 Å². The summed E-state index contributed by atoms with van der Waals surface area (Å²) in [5.41, 5.74) is 2.03. The quantitative estimate of drug-likeness (QED) is 0.665. The van der Waals surface area contributed by atoms with E-state index in [1.165, 1.54) is 0 Å². The van der Waals surface area contributed by atoms with Crippen LogP contribution in [0.3, 0.4) is 0 Å². The minimum absolute atomic E-state index is 0.811. The van der Waals surface area contributed by atoms with Gasteiger partial charge >= 0.3 is 0 Å². The first-order chi connectivity index (χ1) is 6.83. The van der Waals surface area contributed by atoms with E-state index in [2.05, 4.69) is 15.0 Å². The number of hydrogen-bond donors (Lipinski definition) is 0. The largest absolute Gasteiger partial charge is 0.318 e. The van der Waals surface area contributed by atoms with Crippen molar-refractivity contribution < 1.29 is 0 Å². The molecule has 0 spiro atoms. The Morgan fingerprint density at radius 2 is 2.43 bits per heavy atom. The monoisotopic (exact) mass is 190 g/mol. The molecule has 2 heterocycles.